The van der Waals surface area contributed by atoms with Crippen molar-refractivity contribution in [1.82, 2.24) is 44.1 Å². The fourth-order valence-corrected chi connectivity index (χ4v) is 3.35. The Kier molecular flexibility index (Phi) is 4.09. The Labute approximate surface area is 171 Å². The van der Waals surface area contributed by atoms with Crippen LogP contribution in [0, 0.1) is 6.92 Å². The Hall–Kier alpha value is -4.02. The van der Waals surface area contributed by atoms with E-state index in [2.05, 4.69) is 34.3 Å². The van der Waals surface area contributed by atoms with E-state index in [1.165, 1.54) is 6.39 Å². The molecule has 11 heteroatoms. The summed E-state index contributed by atoms with van der Waals surface area (Å²) in [5.41, 5.74) is 3.61. The van der Waals surface area contributed by atoms with Gasteiger partial charge >= 0.3 is 6.01 Å². The van der Waals surface area contributed by atoms with Crippen LogP contribution in [0.3, 0.4) is 0 Å². The second kappa shape index (κ2) is 6.79. The van der Waals surface area contributed by atoms with Crippen LogP contribution in [0.1, 0.15) is 25.5 Å². The lowest BCUT2D eigenvalue weighted by Crippen LogP contribution is -2.06. The molecule has 5 aromatic rings. The third-order valence-corrected chi connectivity index (χ3v) is 4.90. The molecule has 0 fully saturated rings. The number of nitrogens with one attached hydrogen (secondary N) is 1. The molecule has 1 N–H and O–H groups in total. The van der Waals surface area contributed by atoms with E-state index in [1.54, 1.807) is 10.7 Å². The Morgan fingerprint density at radius 1 is 1.17 bits per heavy atom. The Bertz CT molecular complexity index is 1330. The summed E-state index contributed by atoms with van der Waals surface area (Å²) in [6.45, 7) is 6.20. The van der Waals surface area contributed by atoms with Gasteiger partial charge < -0.3 is 8.98 Å². The molecule has 0 aliphatic carbocycles. The minimum Gasteiger partial charge on any atom is -0.411 e. The zero-order chi connectivity index (χ0) is 20.8. The molecule has 0 amide bonds. The maximum Gasteiger partial charge on any atom is 0.321 e. The van der Waals surface area contributed by atoms with Crippen LogP contribution in [0.15, 0.2) is 41.7 Å². The minimum atomic E-state index is 0.243. The summed E-state index contributed by atoms with van der Waals surface area (Å²) in [6.07, 6.45) is 8.74. The number of hydrogen-bond acceptors (Lipinski definition) is 8. The molecule has 0 bridgehead atoms. The van der Waals surface area contributed by atoms with Crippen molar-refractivity contribution in [1.29, 1.82) is 0 Å². The van der Waals surface area contributed by atoms with E-state index in [4.69, 9.17) is 19.6 Å². The van der Waals surface area contributed by atoms with Gasteiger partial charge in [-0.05, 0) is 32.4 Å². The van der Waals surface area contributed by atoms with Crippen LogP contribution >= 0.6 is 0 Å². The van der Waals surface area contributed by atoms with Gasteiger partial charge in [0.05, 0.1) is 5.69 Å². The molecule has 152 valence electrons. The highest BCUT2D eigenvalue weighted by Gasteiger charge is 2.20. The summed E-state index contributed by atoms with van der Waals surface area (Å²) in [5, 5.41) is 20.1. The number of hydrogen-bond donors (Lipinski definition) is 1. The third-order valence-electron chi connectivity index (χ3n) is 4.90. The summed E-state index contributed by atoms with van der Waals surface area (Å²) in [6, 6.07) is 2.52. The SMILES string of the molecule is Cc1c(-c2ccn(C(C)C)n2)cn2nc(-c3nccn3C)nc(Nc3nnco3)c12. The lowest BCUT2D eigenvalue weighted by Gasteiger charge is -2.08. The highest BCUT2D eigenvalue weighted by molar-refractivity contribution is 5.83. The van der Waals surface area contributed by atoms with Gasteiger partial charge in [-0.1, -0.05) is 5.10 Å². The van der Waals surface area contributed by atoms with E-state index in [1.807, 2.05) is 47.9 Å². The highest BCUT2D eigenvalue weighted by atomic mass is 16.4. The highest BCUT2D eigenvalue weighted by Crippen LogP contribution is 2.32. The van der Waals surface area contributed by atoms with Crippen molar-refractivity contribution >= 4 is 17.3 Å². The lowest BCUT2D eigenvalue weighted by atomic mass is 10.1. The first-order chi connectivity index (χ1) is 14.5. The molecule has 0 saturated heterocycles. The predicted octanol–water partition coefficient (Wildman–Crippen LogP) is 3.01. The maximum absolute atomic E-state index is 5.26. The van der Waals surface area contributed by atoms with Gasteiger partial charge in [-0.3, -0.25) is 10.00 Å². The van der Waals surface area contributed by atoms with E-state index in [0.717, 1.165) is 22.3 Å². The fraction of sp³-hybridized carbons (Fsp3) is 0.263. The minimum absolute atomic E-state index is 0.243. The van der Waals surface area contributed by atoms with Crippen LogP contribution in [-0.2, 0) is 7.05 Å². The smallest absolute Gasteiger partial charge is 0.321 e. The normalized spacial score (nSPS) is 11.6. The standard InChI is InChI=1S/C19H20N10O/c1-11(2)28-7-5-14(25-28)13-9-29-15(12(13)3)16(23-19-24-21-10-30-19)22-17(26-29)18-20-6-8-27(18)4/h5-11H,1-4H3,(H,22,23,24,26). The van der Waals surface area contributed by atoms with E-state index in [0.29, 0.717) is 17.5 Å². The Morgan fingerprint density at radius 3 is 2.70 bits per heavy atom. The maximum atomic E-state index is 5.26. The van der Waals surface area contributed by atoms with Crippen LogP contribution in [0.25, 0.3) is 28.4 Å². The van der Waals surface area contributed by atoms with Crippen molar-refractivity contribution in [2.45, 2.75) is 26.8 Å². The molecule has 0 radical (unpaired) electrons. The molecule has 30 heavy (non-hydrogen) atoms. The molecule has 5 heterocycles. The van der Waals surface area contributed by atoms with Crippen LogP contribution < -0.4 is 5.32 Å². The first-order valence-electron chi connectivity index (χ1n) is 9.47. The van der Waals surface area contributed by atoms with Crippen LogP contribution in [0.4, 0.5) is 11.8 Å². The fourth-order valence-electron chi connectivity index (χ4n) is 3.35. The van der Waals surface area contributed by atoms with Crippen molar-refractivity contribution < 1.29 is 4.42 Å². The molecule has 0 saturated carbocycles. The number of anilines is 2. The summed E-state index contributed by atoms with van der Waals surface area (Å²) in [4.78, 5) is 9.07. The van der Waals surface area contributed by atoms with E-state index in [9.17, 15) is 0 Å². The van der Waals surface area contributed by atoms with Gasteiger partial charge in [0.1, 0.15) is 5.52 Å². The topological polar surface area (TPSA) is 117 Å². The average Bonchev–Trinajstić information content (AvgIpc) is 3.48. The largest absolute Gasteiger partial charge is 0.411 e. The number of rotatable bonds is 5. The third kappa shape index (κ3) is 2.91. The molecule has 0 aliphatic rings. The van der Waals surface area contributed by atoms with E-state index in [-0.39, 0.29) is 12.1 Å². The van der Waals surface area contributed by atoms with Gasteiger partial charge in [0, 0.05) is 43.4 Å². The average molecular weight is 404 g/mol. The molecule has 0 aromatic carbocycles. The summed E-state index contributed by atoms with van der Waals surface area (Å²) in [5.74, 6) is 1.65. The van der Waals surface area contributed by atoms with Crippen molar-refractivity contribution in [2.75, 3.05) is 5.32 Å². The molecule has 0 spiro atoms. The number of aromatic nitrogens is 9. The molecule has 11 nitrogen and oxygen atoms in total. The molecular weight excluding hydrogens is 384 g/mol. The van der Waals surface area contributed by atoms with E-state index >= 15 is 0 Å². The zero-order valence-electron chi connectivity index (χ0n) is 17.0. The first-order valence-corrected chi connectivity index (χ1v) is 9.47. The van der Waals surface area contributed by atoms with E-state index < -0.39 is 0 Å². The molecule has 0 aliphatic heterocycles. The number of nitrogens with zero attached hydrogens (tertiary/aromatic N) is 9. The van der Waals surface area contributed by atoms with Crippen molar-refractivity contribution in [3.63, 3.8) is 0 Å². The van der Waals surface area contributed by atoms with Crippen LogP contribution in [0.2, 0.25) is 0 Å². The van der Waals surface area contributed by atoms with Crippen LogP contribution in [-0.4, -0.2) is 44.1 Å². The number of aryl methyl sites for hydroxylation is 2. The van der Waals surface area contributed by atoms with Gasteiger partial charge in [-0.25, -0.2) is 14.5 Å². The van der Waals surface area contributed by atoms with Crippen molar-refractivity contribution in [3.8, 4) is 22.9 Å². The lowest BCUT2D eigenvalue weighted by molar-refractivity contribution is 0.534. The first kappa shape index (κ1) is 18.0. The molecule has 0 unspecified atom stereocenters. The Balaban J connectivity index is 1.71. The summed E-state index contributed by atoms with van der Waals surface area (Å²) >= 11 is 0. The number of imidazole rings is 1. The summed E-state index contributed by atoms with van der Waals surface area (Å²) < 4.78 is 10.8. The van der Waals surface area contributed by atoms with Gasteiger partial charge in [0.15, 0.2) is 11.6 Å². The second-order valence-electron chi connectivity index (χ2n) is 7.25. The van der Waals surface area contributed by atoms with Gasteiger partial charge in [0.2, 0.25) is 12.2 Å². The molecule has 5 rings (SSSR count). The van der Waals surface area contributed by atoms with Gasteiger partial charge in [-0.2, -0.15) is 5.10 Å². The summed E-state index contributed by atoms with van der Waals surface area (Å²) in [7, 11) is 1.89. The number of fused-ring (bicyclic) bond motifs is 1. The monoisotopic (exact) mass is 404 g/mol. The zero-order valence-corrected chi connectivity index (χ0v) is 17.0. The predicted molar refractivity (Wildman–Crippen MR) is 109 cm³/mol. The van der Waals surface area contributed by atoms with Gasteiger partial charge in [-0.15, -0.1) is 10.2 Å². The molecular formula is C19H20N10O. The quantitative estimate of drug-likeness (QED) is 0.475. The van der Waals surface area contributed by atoms with Crippen LogP contribution in [0.5, 0.6) is 0 Å². The second-order valence-corrected chi connectivity index (χ2v) is 7.25. The van der Waals surface area contributed by atoms with Crippen molar-refractivity contribution in [3.05, 3.63) is 42.8 Å². The van der Waals surface area contributed by atoms with Crippen molar-refractivity contribution in [2.24, 2.45) is 7.05 Å². The van der Waals surface area contributed by atoms with Gasteiger partial charge in [0.25, 0.3) is 0 Å². The molecule has 0 atom stereocenters. The Morgan fingerprint density at radius 2 is 2.03 bits per heavy atom. The molecule has 5 aromatic heterocycles.